The third-order valence-corrected chi connectivity index (χ3v) is 2.92. The van der Waals surface area contributed by atoms with Gasteiger partial charge in [0.15, 0.2) is 5.60 Å². The Bertz CT molecular complexity index is 408. The van der Waals surface area contributed by atoms with Gasteiger partial charge in [-0.1, -0.05) is 6.92 Å². The SMILES string of the molecule is COC1=CC(OC)(C(=O)O)C(C)C(C(=O)O)=C1. The monoisotopic (exact) mass is 242 g/mol. The van der Waals surface area contributed by atoms with Crippen LogP contribution in [0.3, 0.4) is 0 Å². The molecule has 6 nitrogen and oxygen atoms in total. The second-order valence-electron chi connectivity index (χ2n) is 3.68. The summed E-state index contributed by atoms with van der Waals surface area (Å²) >= 11 is 0. The molecule has 0 spiro atoms. The zero-order valence-corrected chi connectivity index (χ0v) is 9.76. The van der Waals surface area contributed by atoms with Crippen LogP contribution in [0, 0.1) is 5.92 Å². The summed E-state index contributed by atoms with van der Waals surface area (Å²) in [5.74, 6) is -3.11. The molecule has 0 aromatic heterocycles. The number of aliphatic carboxylic acids is 2. The van der Waals surface area contributed by atoms with E-state index >= 15 is 0 Å². The van der Waals surface area contributed by atoms with E-state index in [9.17, 15) is 14.7 Å². The number of hydrogen-bond acceptors (Lipinski definition) is 4. The van der Waals surface area contributed by atoms with Crippen LogP contribution >= 0.6 is 0 Å². The standard InChI is InChI=1S/C11H14O6/c1-6-8(9(12)13)4-7(16-2)5-11(6,17-3)10(14)15/h4-6H,1-3H3,(H,12,13)(H,14,15). The molecular weight excluding hydrogens is 228 g/mol. The van der Waals surface area contributed by atoms with Crippen molar-refractivity contribution < 1.29 is 29.3 Å². The first-order chi connectivity index (χ1) is 7.89. The lowest BCUT2D eigenvalue weighted by Crippen LogP contribution is -2.48. The summed E-state index contributed by atoms with van der Waals surface area (Å²) in [5.41, 5.74) is -1.78. The Hall–Kier alpha value is -1.82. The Morgan fingerprint density at radius 1 is 1.35 bits per heavy atom. The zero-order chi connectivity index (χ0) is 13.2. The van der Waals surface area contributed by atoms with Crippen molar-refractivity contribution in [1.82, 2.24) is 0 Å². The van der Waals surface area contributed by atoms with E-state index in [4.69, 9.17) is 14.6 Å². The van der Waals surface area contributed by atoms with Gasteiger partial charge in [0.1, 0.15) is 5.76 Å². The number of methoxy groups -OCH3 is 2. The molecule has 1 aliphatic carbocycles. The van der Waals surface area contributed by atoms with Gasteiger partial charge in [-0.3, -0.25) is 0 Å². The minimum absolute atomic E-state index is 0.0615. The first kappa shape index (κ1) is 13.2. The maximum Gasteiger partial charge on any atom is 0.340 e. The Labute approximate surface area is 98.1 Å². The minimum Gasteiger partial charge on any atom is -0.497 e. The number of hydrogen-bond donors (Lipinski definition) is 2. The van der Waals surface area contributed by atoms with Crippen molar-refractivity contribution in [2.75, 3.05) is 14.2 Å². The van der Waals surface area contributed by atoms with Gasteiger partial charge in [0, 0.05) is 24.7 Å². The number of carbonyl (C=O) groups is 2. The van der Waals surface area contributed by atoms with Crippen molar-refractivity contribution in [1.29, 1.82) is 0 Å². The number of ether oxygens (including phenoxy) is 2. The first-order valence-corrected chi connectivity index (χ1v) is 4.89. The highest BCUT2D eigenvalue weighted by molar-refractivity contribution is 5.92. The molecule has 2 unspecified atom stereocenters. The highest BCUT2D eigenvalue weighted by atomic mass is 16.5. The highest BCUT2D eigenvalue weighted by Crippen LogP contribution is 2.35. The van der Waals surface area contributed by atoms with E-state index in [0.717, 1.165) is 0 Å². The number of allylic oxidation sites excluding steroid dienone is 1. The van der Waals surface area contributed by atoms with Crippen LogP contribution in [-0.2, 0) is 19.1 Å². The van der Waals surface area contributed by atoms with Gasteiger partial charge in [-0.05, 0) is 6.08 Å². The van der Waals surface area contributed by atoms with E-state index in [0.29, 0.717) is 0 Å². The largest absolute Gasteiger partial charge is 0.497 e. The molecule has 0 radical (unpaired) electrons. The fourth-order valence-corrected chi connectivity index (χ4v) is 1.82. The zero-order valence-electron chi connectivity index (χ0n) is 9.76. The Balaban J connectivity index is 3.36. The van der Waals surface area contributed by atoms with E-state index in [1.165, 1.54) is 33.3 Å². The smallest absolute Gasteiger partial charge is 0.340 e. The second-order valence-corrected chi connectivity index (χ2v) is 3.68. The van der Waals surface area contributed by atoms with Gasteiger partial charge < -0.3 is 19.7 Å². The number of rotatable bonds is 4. The molecule has 0 saturated carbocycles. The van der Waals surface area contributed by atoms with Crippen molar-refractivity contribution in [3.63, 3.8) is 0 Å². The van der Waals surface area contributed by atoms with Crippen LogP contribution in [0.1, 0.15) is 6.92 Å². The van der Waals surface area contributed by atoms with Gasteiger partial charge in [0.2, 0.25) is 0 Å². The van der Waals surface area contributed by atoms with Gasteiger partial charge in [-0.15, -0.1) is 0 Å². The number of carboxylic acids is 2. The molecule has 1 aliphatic rings. The fourth-order valence-electron chi connectivity index (χ4n) is 1.82. The molecule has 17 heavy (non-hydrogen) atoms. The second kappa shape index (κ2) is 4.58. The van der Waals surface area contributed by atoms with Gasteiger partial charge in [0.05, 0.1) is 7.11 Å². The lowest BCUT2D eigenvalue weighted by Gasteiger charge is -2.34. The van der Waals surface area contributed by atoms with Crippen LogP contribution in [0.25, 0.3) is 0 Å². The van der Waals surface area contributed by atoms with Crippen LogP contribution in [-0.4, -0.2) is 42.0 Å². The van der Waals surface area contributed by atoms with Crippen LogP contribution < -0.4 is 0 Å². The Morgan fingerprint density at radius 3 is 2.29 bits per heavy atom. The fraction of sp³-hybridized carbons (Fsp3) is 0.455. The topological polar surface area (TPSA) is 93.1 Å². The van der Waals surface area contributed by atoms with E-state index in [2.05, 4.69) is 0 Å². The van der Waals surface area contributed by atoms with Crippen molar-refractivity contribution in [3.8, 4) is 0 Å². The van der Waals surface area contributed by atoms with E-state index in [-0.39, 0.29) is 11.3 Å². The molecule has 0 aliphatic heterocycles. The molecule has 0 saturated heterocycles. The van der Waals surface area contributed by atoms with Crippen LogP contribution in [0.5, 0.6) is 0 Å². The third kappa shape index (κ3) is 2.03. The molecular formula is C11H14O6. The minimum atomic E-state index is -1.71. The Kier molecular flexibility index (Phi) is 3.57. The number of carboxylic acid groups (broad SMARTS) is 2. The molecule has 0 fully saturated rings. The summed E-state index contributed by atoms with van der Waals surface area (Å²) in [6.07, 6.45) is 2.57. The van der Waals surface area contributed by atoms with Crippen LogP contribution in [0.4, 0.5) is 0 Å². The summed E-state index contributed by atoms with van der Waals surface area (Å²) in [6, 6.07) is 0. The van der Waals surface area contributed by atoms with Gasteiger partial charge in [0.25, 0.3) is 0 Å². The molecule has 2 N–H and O–H groups in total. The molecule has 0 bridgehead atoms. The maximum atomic E-state index is 11.3. The summed E-state index contributed by atoms with van der Waals surface area (Å²) < 4.78 is 9.91. The predicted octanol–water partition coefficient (Wildman–Crippen LogP) is 0.647. The lowest BCUT2D eigenvalue weighted by molar-refractivity contribution is -0.161. The van der Waals surface area contributed by atoms with E-state index in [1.54, 1.807) is 0 Å². The van der Waals surface area contributed by atoms with E-state index < -0.39 is 23.5 Å². The van der Waals surface area contributed by atoms with Gasteiger partial charge in [-0.2, -0.15) is 0 Å². The summed E-state index contributed by atoms with van der Waals surface area (Å²) in [5, 5.41) is 18.3. The molecule has 6 heteroatoms. The van der Waals surface area contributed by atoms with Crippen molar-refractivity contribution in [2.24, 2.45) is 5.92 Å². The molecule has 0 amide bonds. The van der Waals surface area contributed by atoms with Crippen molar-refractivity contribution in [2.45, 2.75) is 12.5 Å². The predicted molar refractivity (Wildman–Crippen MR) is 57.4 cm³/mol. The molecule has 2 atom stereocenters. The highest BCUT2D eigenvalue weighted by Gasteiger charge is 2.48. The summed E-state index contributed by atoms with van der Waals surface area (Å²) in [4.78, 5) is 22.4. The maximum absolute atomic E-state index is 11.3. The van der Waals surface area contributed by atoms with Gasteiger partial charge in [-0.25, -0.2) is 9.59 Å². The summed E-state index contributed by atoms with van der Waals surface area (Å²) in [7, 11) is 2.55. The molecule has 94 valence electrons. The first-order valence-electron chi connectivity index (χ1n) is 4.89. The summed E-state index contributed by atoms with van der Waals surface area (Å²) in [6.45, 7) is 1.49. The lowest BCUT2D eigenvalue weighted by atomic mass is 9.78. The van der Waals surface area contributed by atoms with Crippen LogP contribution in [0.2, 0.25) is 0 Å². The molecule has 0 aromatic carbocycles. The average molecular weight is 242 g/mol. The molecule has 0 heterocycles. The van der Waals surface area contributed by atoms with Gasteiger partial charge >= 0.3 is 11.9 Å². The average Bonchev–Trinajstić information content (AvgIpc) is 2.28. The van der Waals surface area contributed by atoms with Crippen LogP contribution in [0.15, 0.2) is 23.5 Å². The third-order valence-electron chi connectivity index (χ3n) is 2.92. The Morgan fingerprint density at radius 2 is 1.94 bits per heavy atom. The quantitative estimate of drug-likeness (QED) is 0.751. The van der Waals surface area contributed by atoms with Crippen molar-refractivity contribution in [3.05, 3.63) is 23.5 Å². The molecule has 1 rings (SSSR count). The molecule has 0 aromatic rings. The van der Waals surface area contributed by atoms with E-state index in [1.807, 2.05) is 0 Å². The van der Waals surface area contributed by atoms with Crippen molar-refractivity contribution >= 4 is 11.9 Å². The normalized spacial score (nSPS) is 28.1.